The van der Waals surface area contributed by atoms with Crippen molar-refractivity contribution < 1.29 is 9.53 Å². The Labute approximate surface area is 212 Å². The summed E-state index contributed by atoms with van der Waals surface area (Å²) in [6, 6.07) is 9.44. The van der Waals surface area contributed by atoms with E-state index in [9.17, 15) is 4.79 Å². The molecule has 0 radical (unpaired) electrons. The van der Waals surface area contributed by atoms with E-state index in [2.05, 4.69) is 39.7 Å². The Kier molecular flexibility index (Phi) is 6.71. The lowest BCUT2D eigenvalue weighted by molar-refractivity contribution is -0.122. The zero-order valence-electron chi connectivity index (χ0n) is 22.2. The van der Waals surface area contributed by atoms with Crippen LogP contribution in [0.4, 0.5) is 5.69 Å². The van der Waals surface area contributed by atoms with E-state index in [1.54, 1.807) is 18.1 Å². The molecule has 0 fully saturated rings. The Balaban J connectivity index is 1.66. The van der Waals surface area contributed by atoms with Crippen LogP contribution in [0.3, 0.4) is 0 Å². The first-order chi connectivity index (χ1) is 17.0. The lowest BCUT2D eigenvalue weighted by Gasteiger charge is -2.29. The van der Waals surface area contributed by atoms with Crippen molar-refractivity contribution in [3.05, 3.63) is 71.4 Å². The quantitative estimate of drug-likeness (QED) is 0.383. The number of methoxy groups -OCH3 is 1. The molecular formula is C28H34N6O2. The summed E-state index contributed by atoms with van der Waals surface area (Å²) in [7, 11) is 1.64. The lowest BCUT2D eigenvalue weighted by atomic mass is 9.86. The molecule has 0 aliphatic rings. The van der Waals surface area contributed by atoms with Crippen molar-refractivity contribution >= 4 is 11.6 Å². The van der Waals surface area contributed by atoms with Crippen molar-refractivity contribution in [3.63, 3.8) is 0 Å². The van der Waals surface area contributed by atoms with Gasteiger partial charge in [-0.2, -0.15) is 0 Å². The largest absolute Gasteiger partial charge is 0.495 e. The summed E-state index contributed by atoms with van der Waals surface area (Å²) in [5, 5.41) is 11.9. The van der Waals surface area contributed by atoms with Gasteiger partial charge in [-0.1, -0.05) is 49.7 Å². The Morgan fingerprint density at radius 3 is 2.31 bits per heavy atom. The van der Waals surface area contributed by atoms with Crippen molar-refractivity contribution in [2.45, 2.75) is 54.5 Å². The Bertz CT molecular complexity index is 1390. The second-order valence-electron chi connectivity index (χ2n) is 10.4. The van der Waals surface area contributed by atoms with E-state index in [-0.39, 0.29) is 5.91 Å². The fraction of sp³-hybridized carbons (Fsp3) is 0.357. The number of benzene rings is 2. The number of rotatable bonds is 6. The number of nitrogens with zero attached hydrogens (tertiary/aromatic N) is 5. The highest BCUT2D eigenvalue weighted by atomic mass is 16.5. The molecule has 8 heteroatoms. The fourth-order valence-electron chi connectivity index (χ4n) is 4.62. The molecule has 2 aromatic carbocycles. The maximum Gasteiger partial charge on any atom is 0.249 e. The van der Waals surface area contributed by atoms with Crippen molar-refractivity contribution in [1.29, 1.82) is 0 Å². The van der Waals surface area contributed by atoms with Crippen molar-refractivity contribution in [2.24, 2.45) is 5.41 Å². The van der Waals surface area contributed by atoms with Crippen LogP contribution < -0.4 is 10.1 Å². The Morgan fingerprint density at radius 1 is 1.03 bits per heavy atom. The fourth-order valence-corrected chi connectivity index (χ4v) is 4.62. The van der Waals surface area contributed by atoms with E-state index in [0.29, 0.717) is 11.4 Å². The highest BCUT2D eigenvalue weighted by Gasteiger charge is 2.35. The molecule has 188 valence electrons. The van der Waals surface area contributed by atoms with Gasteiger partial charge in [-0.15, -0.1) is 5.10 Å². The molecule has 0 saturated carbocycles. The van der Waals surface area contributed by atoms with Gasteiger partial charge in [-0.3, -0.25) is 4.79 Å². The predicted molar refractivity (Wildman–Crippen MR) is 142 cm³/mol. The molecule has 0 bridgehead atoms. The smallest absolute Gasteiger partial charge is 0.249 e. The van der Waals surface area contributed by atoms with Crippen LogP contribution in [0.2, 0.25) is 0 Å². The van der Waals surface area contributed by atoms with Gasteiger partial charge >= 0.3 is 0 Å². The van der Waals surface area contributed by atoms with Crippen LogP contribution >= 0.6 is 0 Å². The SMILES string of the molecule is COc1cc(-c2cn(C(C(=O)Nc3c(C)cc(C)cc3C)C(C)(C)C)nn2)ccc1-n1cnc(C)c1. The summed E-state index contributed by atoms with van der Waals surface area (Å²) >= 11 is 0. The average molecular weight is 487 g/mol. The first-order valence-corrected chi connectivity index (χ1v) is 12.0. The van der Waals surface area contributed by atoms with Crippen LogP contribution in [0.5, 0.6) is 5.75 Å². The second kappa shape index (κ2) is 9.60. The summed E-state index contributed by atoms with van der Waals surface area (Å²) in [5.41, 5.74) is 6.99. The highest BCUT2D eigenvalue weighted by Crippen LogP contribution is 2.34. The van der Waals surface area contributed by atoms with E-state index >= 15 is 0 Å². The molecule has 36 heavy (non-hydrogen) atoms. The van der Waals surface area contributed by atoms with Crippen LogP contribution in [-0.2, 0) is 4.79 Å². The zero-order valence-corrected chi connectivity index (χ0v) is 22.2. The number of anilines is 1. The molecule has 0 aliphatic heterocycles. The summed E-state index contributed by atoms with van der Waals surface area (Å²) in [4.78, 5) is 17.9. The molecule has 8 nitrogen and oxygen atoms in total. The minimum absolute atomic E-state index is 0.127. The third kappa shape index (κ3) is 5.03. The van der Waals surface area contributed by atoms with Crippen LogP contribution in [-0.4, -0.2) is 37.6 Å². The molecule has 1 unspecified atom stereocenters. The molecule has 1 N–H and O–H groups in total. The number of imidazole rings is 1. The van der Waals surface area contributed by atoms with E-state index in [1.807, 2.05) is 76.7 Å². The summed E-state index contributed by atoms with van der Waals surface area (Å²) in [6.45, 7) is 14.1. The summed E-state index contributed by atoms with van der Waals surface area (Å²) in [6.07, 6.45) is 5.52. The van der Waals surface area contributed by atoms with E-state index in [0.717, 1.165) is 33.8 Å². The number of amides is 1. The summed E-state index contributed by atoms with van der Waals surface area (Å²) < 4.78 is 9.22. The Hall–Kier alpha value is -3.94. The minimum atomic E-state index is -0.561. The summed E-state index contributed by atoms with van der Waals surface area (Å²) in [5.74, 6) is 0.562. The third-order valence-electron chi connectivity index (χ3n) is 6.23. The minimum Gasteiger partial charge on any atom is -0.495 e. The van der Waals surface area contributed by atoms with Gasteiger partial charge in [0.1, 0.15) is 17.5 Å². The molecule has 1 atom stereocenters. The number of hydrogen-bond acceptors (Lipinski definition) is 5. The topological polar surface area (TPSA) is 86.9 Å². The number of carbonyl (C=O) groups is 1. The molecule has 1 amide bonds. The van der Waals surface area contributed by atoms with Crippen LogP contribution in [0.25, 0.3) is 16.9 Å². The number of nitrogens with one attached hydrogen (secondary N) is 1. The van der Waals surface area contributed by atoms with Crippen molar-refractivity contribution in [2.75, 3.05) is 12.4 Å². The molecule has 2 aromatic heterocycles. The third-order valence-corrected chi connectivity index (χ3v) is 6.23. The standard InChI is InChI=1S/C28H34N6O2/c1-17-11-18(2)25(19(3)12-17)30-27(35)26(28(5,6)7)34-15-22(31-32-34)21-9-10-23(24(13-21)36-8)33-14-20(4)29-16-33/h9-16,26H,1-8H3,(H,30,35). The monoisotopic (exact) mass is 486 g/mol. The predicted octanol–water partition coefficient (Wildman–Crippen LogP) is 5.60. The maximum absolute atomic E-state index is 13.6. The van der Waals surface area contributed by atoms with Crippen LogP contribution in [0.1, 0.15) is 49.2 Å². The van der Waals surface area contributed by atoms with Gasteiger partial charge in [0, 0.05) is 17.4 Å². The molecule has 2 heterocycles. The Morgan fingerprint density at radius 2 is 1.72 bits per heavy atom. The van der Waals surface area contributed by atoms with E-state index < -0.39 is 11.5 Å². The zero-order chi connectivity index (χ0) is 26.2. The van der Waals surface area contributed by atoms with Gasteiger partial charge in [0.2, 0.25) is 5.91 Å². The number of carbonyl (C=O) groups excluding carboxylic acids is 1. The van der Waals surface area contributed by atoms with E-state index in [1.165, 1.54) is 5.56 Å². The number of aryl methyl sites for hydroxylation is 4. The van der Waals surface area contributed by atoms with Gasteiger partial charge in [0.05, 0.1) is 31.0 Å². The van der Waals surface area contributed by atoms with Gasteiger partial charge in [0.25, 0.3) is 0 Å². The maximum atomic E-state index is 13.6. The second-order valence-corrected chi connectivity index (χ2v) is 10.4. The average Bonchev–Trinajstić information content (AvgIpc) is 3.44. The molecule has 0 spiro atoms. The van der Waals surface area contributed by atoms with Gasteiger partial charge in [0.15, 0.2) is 0 Å². The molecule has 0 aliphatic carbocycles. The molecular weight excluding hydrogens is 452 g/mol. The van der Waals surface area contributed by atoms with Gasteiger partial charge in [-0.25, -0.2) is 9.67 Å². The van der Waals surface area contributed by atoms with Crippen LogP contribution in [0.15, 0.2) is 49.1 Å². The molecule has 4 aromatic rings. The normalized spacial score (nSPS) is 12.4. The molecule has 0 saturated heterocycles. The van der Waals surface area contributed by atoms with E-state index in [4.69, 9.17) is 4.74 Å². The number of hydrogen-bond donors (Lipinski definition) is 1. The highest BCUT2D eigenvalue weighted by molar-refractivity contribution is 5.95. The number of aromatic nitrogens is 5. The first-order valence-electron chi connectivity index (χ1n) is 12.0. The number of ether oxygens (including phenoxy) is 1. The van der Waals surface area contributed by atoms with Crippen molar-refractivity contribution in [3.8, 4) is 22.7 Å². The van der Waals surface area contributed by atoms with Gasteiger partial charge in [-0.05, 0) is 56.4 Å². The van der Waals surface area contributed by atoms with Crippen molar-refractivity contribution in [1.82, 2.24) is 24.5 Å². The van der Waals surface area contributed by atoms with Gasteiger partial charge < -0.3 is 14.6 Å². The lowest BCUT2D eigenvalue weighted by Crippen LogP contribution is -2.36. The van der Waals surface area contributed by atoms with Crippen LogP contribution in [0, 0.1) is 33.1 Å². The first kappa shape index (κ1) is 25.2. The molecule has 4 rings (SSSR count).